The number of methoxy groups -OCH3 is 1. The Labute approximate surface area is 107 Å². The van der Waals surface area contributed by atoms with E-state index in [1.54, 1.807) is 11.9 Å². The van der Waals surface area contributed by atoms with Gasteiger partial charge in [-0.1, -0.05) is 0 Å². The molecule has 0 unspecified atom stereocenters. The van der Waals surface area contributed by atoms with Crippen LogP contribution < -0.4 is 4.74 Å². The Bertz CT molecular complexity index is 554. The van der Waals surface area contributed by atoms with Crippen molar-refractivity contribution >= 4 is 0 Å². The van der Waals surface area contributed by atoms with Crippen LogP contribution in [0.25, 0.3) is 11.4 Å². The van der Waals surface area contributed by atoms with E-state index in [1.165, 1.54) is 0 Å². The summed E-state index contributed by atoms with van der Waals surface area (Å²) in [6.07, 6.45) is 0. The first-order valence-corrected chi connectivity index (χ1v) is 5.87. The SMILES string of the molecule is COc1ccc(-c2nnn(C(C)(C)C)n2)cc1C. The number of rotatable bonds is 2. The van der Waals surface area contributed by atoms with Crippen molar-refractivity contribution in [3.8, 4) is 17.1 Å². The first kappa shape index (κ1) is 12.5. The molecule has 2 rings (SSSR count). The van der Waals surface area contributed by atoms with Gasteiger partial charge in [-0.2, -0.15) is 4.80 Å². The Hall–Kier alpha value is -1.91. The summed E-state index contributed by atoms with van der Waals surface area (Å²) in [7, 11) is 1.66. The highest BCUT2D eigenvalue weighted by atomic mass is 16.5. The number of hydrogen-bond acceptors (Lipinski definition) is 4. The van der Waals surface area contributed by atoms with Crippen LogP contribution in [0.5, 0.6) is 5.75 Å². The molecule has 0 saturated heterocycles. The van der Waals surface area contributed by atoms with Crippen molar-refractivity contribution in [1.29, 1.82) is 0 Å². The quantitative estimate of drug-likeness (QED) is 0.816. The highest BCUT2D eigenvalue weighted by Crippen LogP contribution is 2.24. The van der Waals surface area contributed by atoms with Crippen molar-refractivity contribution in [2.45, 2.75) is 33.2 Å². The molecule has 2 aromatic rings. The lowest BCUT2D eigenvalue weighted by atomic mass is 10.1. The molecule has 0 saturated carbocycles. The van der Waals surface area contributed by atoms with E-state index in [1.807, 2.05) is 45.9 Å². The van der Waals surface area contributed by atoms with Crippen LogP contribution in [-0.2, 0) is 5.54 Å². The van der Waals surface area contributed by atoms with Crippen LogP contribution in [0.15, 0.2) is 18.2 Å². The van der Waals surface area contributed by atoms with Crippen LogP contribution in [0, 0.1) is 6.92 Å². The van der Waals surface area contributed by atoms with E-state index in [2.05, 4.69) is 15.4 Å². The summed E-state index contributed by atoms with van der Waals surface area (Å²) in [5.41, 5.74) is 1.85. The summed E-state index contributed by atoms with van der Waals surface area (Å²) < 4.78 is 5.23. The van der Waals surface area contributed by atoms with Gasteiger partial charge in [0.05, 0.1) is 12.6 Å². The highest BCUT2D eigenvalue weighted by Gasteiger charge is 2.17. The molecule has 1 aromatic heterocycles. The number of aromatic nitrogens is 4. The number of benzene rings is 1. The normalized spacial score (nSPS) is 11.6. The number of hydrogen-bond donors (Lipinski definition) is 0. The molecule has 0 fully saturated rings. The predicted octanol–water partition coefficient (Wildman–Crippen LogP) is 2.41. The number of nitrogens with zero attached hydrogens (tertiary/aromatic N) is 4. The Kier molecular flexibility index (Phi) is 3.07. The molecule has 0 aliphatic carbocycles. The van der Waals surface area contributed by atoms with Crippen molar-refractivity contribution < 1.29 is 4.74 Å². The summed E-state index contributed by atoms with van der Waals surface area (Å²) >= 11 is 0. The van der Waals surface area contributed by atoms with Gasteiger partial charge in [0.25, 0.3) is 0 Å². The molecule has 0 spiro atoms. The average Bonchev–Trinajstić information content (AvgIpc) is 2.77. The van der Waals surface area contributed by atoms with Gasteiger partial charge in [-0.3, -0.25) is 0 Å². The van der Waals surface area contributed by atoms with E-state index in [0.717, 1.165) is 16.9 Å². The second-order valence-corrected chi connectivity index (χ2v) is 5.26. The fraction of sp³-hybridized carbons (Fsp3) is 0.462. The van der Waals surface area contributed by atoms with E-state index >= 15 is 0 Å². The van der Waals surface area contributed by atoms with Crippen molar-refractivity contribution in [1.82, 2.24) is 20.2 Å². The van der Waals surface area contributed by atoms with E-state index in [4.69, 9.17) is 4.74 Å². The maximum atomic E-state index is 5.23. The topological polar surface area (TPSA) is 52.8 Å². The first-order chi connectivity index (χ1) is 8.41. The second kappa shape index (κ2) is 4.40. The third kappa shape index (κ3) is 2.34. The minimum Gasteiger partial charge on any atom is -0.496 e. The van der Waals surface area contributed by atoms with Gasteiger partial charge >= 0.3 is 0 Å². The van der Waals surface area contributed by atoms with Gasteiger partial charge in [0.15, 0.2) is 0 Å². The summed E-state index contributed by atoms with van der Waals surface area (Å²) in [4.78, 5) is 1.63. The van der Waals surface area contributed by atoms with E-state index in [0.29, 0.717) is 5.82 Å². The standard InChI is InChI=1S/C13H18N4O/c1-9-8-10(6-7-11(9)18-5)12-14-16-17(15-12)13(2,3)4/h6-8H,1-5H3. The first-order valence-electron chi connectivity index (χ1n) is 5.87. The van der Waals surface area contributed by atoms with E-state index in [9.17, 15) is 0 Å². The van der Waals surface area contributed by atoms with E-state index < -0.39 is 0 Å². The van der Waals surface area contributed by atoms with Crippen LogP contribution >= 0.6 is 0 Å². The fourth-order valence-corrected chi connectivity index (χ4v) is 1.63. The molecule has 18 heavy (non-hydrogen) atoms. The molecule has 0 amide bonds. The Morgan fingerprint density at radius 1 is 1.22 bits per heavy atom. The predicted molar refractivity (Wildman–Crippen MR) is 69.5 cm³/mol. The zero-order valence-electron chi connectivity index (χ0n) is 11.4. The van der Waals surface area contributed by atoms with Crippen LogP contribution in [0.1, 0.15) is 26.3 Å². The molecule has 0 bridgehead atoms. The maximum Gasteiger partial charge on any atom is 0.204 e. The third-order valence-corrected chi connectivity index (χ3v) is 2.67. The molecule has 0 aliphatic heterocycles. The minimum absolute atomic E-state index is 0.160. The lowest BCUT2D eigenvalue weighted by molar-refractivity contribution is 0.306. The van der Waals surface area contributed by atoms with Crippen LogP contribution in [0.3, 0.4) is 0 Å². The van der Waals surface area contributed by atoms with Crippen molar-refractivity contribution in [3.63, 3.8) is 0 Å². The monoisotopic (exact) mass is 246 g/mol. The summed E-state index contributed by atoms with van der Waals surface area (Å²) in [5.74, 6) is 1.50. The van der Waals surface area contributed by atoms with Gasteiger partial charge in [0, 0.05) is 5.56 Å². The van der Waals surface area contributed by atoms with Gasteiger partial charge in [-0.25, -0.2) is 0 Å². The smallest absolute Gasteiger partial charge is 0.204 e. The lowest BCUT2D eigenvalue weighted by Crippen LogP contribution is -2.24. The molecule has 1 heterocycles. The molecule has 0 aliphatic rings. The van der Waals surface area contributed by atoms with Crippen LogP contribution in [-0.4, -0.2) is 27.3 Å². The van der Waals surface area contributed by atoms with Crippen molar-refractivity contribution in [2.24, 2.45) is 0 Å². The van der Waals surface area contributed by atoms with Gasteiger partial charge in [-0.15, -0.1) is 10.2 Å². The summed E-state index contributed by atoms with van der Waals surface area (Å²) in [6.45, 7) is 8.11. The van der Waals surface area contributed by atoms with Crippen molar-refractivity contribution in [3.05, 3.63) is 23.8 Å². The average molecular weight is 246 g/mol. The Balaban J connectivity index is 2.38. The highest BCUT2D eigenvalue weighted by molar-refractivity contribution is 5.57. The molecule has 0 N–H and O–H groups in total. The van der Waals surface area contributed by atoms with Crippen molar-refractivity contribution in [2.75, 3.05) is 7.11 Å². The fourth-order valence-electron chi connectivity index (χ4n) is 1.63. The third-order valence-electron chi connectivity index (χ3n) is 2.67. The molecule has 0 atom stereocenters. The lowest BCUT2D eigenvalue weighted by Gasteiger charge is -2.15. The molecule has 5 heteroatoms. The van der Waals surface area contributed by atoms with Gasteiger partial charge in [0.2, 0.25) is 5.82 Å². The molecule has 1 aromatic carbocycles. The number of aryl methyl sites for hydroxylation is 1. The summed E-state index contributed by atoms with van der Waals surface area (Å²) in [6, 6.07) is 5.86. The number of tetrazole rings is 1. The zero-order valence-corrected chi connectivity index (χ0v) is 11.4. The van der Waals surface area contributed by atoms with Gasteiger partial charge in [0.1, 0.15) is 5.75 Å². The minimum atomic E-state index is -0.160. The molecule has 5 nitrogen and oxygen atoms in total. The Morgan fingerprint density at radius 2 is 1.94 bits per heavy atom. The largest absolute Gasteiger partial charge is 0.496 e. The van der Waals surface area contributed by atoms with E-state index in [-0.39, 0.29) is 5.54 Å². The van der Waals surface area contributed by atoms with Gasteiger partial charge < -0.3 is 4.74 Å². The van der Waals surface area contributed by atoms with Crippen LogP contribution in [0.2, 0.25) is 0 Å². The zero-order chi connectivity index (χ0) is 13.3. The van der Waals surface area contributed by atoms with Crippen LogP contribution in [0.4, 0.5) is 0 Å². The molecule has 0 radical (unpaired) electrons. The Morgan fingerprint density at radius 3 is 2.44 bits per heavy atom. The molecular weight excluding hydrogens is 228 g/mol. The maximum absolute atomic E-state index is 5.23. The second-order valence-electron chi connectivity index (χ2n) is 5.26. The molecular formula is C13H18N4O. The van der Waals surface area contributed by atoms with Gasteiger partial charge in [-0.05, 0) is 56.7 Å². The summed E-state index contributed by atoms with van der Waals surface area (Å²) in [5, 5.41) is 12.6. The molecule has 96 valence electrons. The number of ether oxygens (including phenoxy) is 1.